The lowest BCUT2D eigenvalue weighted by Gasteiger charge is -2.05. The predicted octanol–water partition coefficient (Wildman–Crippen LogP) is 3.40. The van der Waals surface area contributed by atoms with E-state index in [0.29, 0.717) is 0 Å². The van der Waals surface area contributed by atoms with Gasteiger partial charge in [0.2, 0.25) is 0 Å². The molecule has 0 saturated carbocycles. The Morgan fingerprint density at radius 1 is 0.875 bits per heavy atom. The van der Waals surface area contributed by atoms with Crippen LogP contribution >= 0.6 is 0 Å². The summed E-state index contributed by atoms with van der Waals surface area (Å²) < 4.78 is 0. The van der Waals surface area contributed by atoms with Crippen LogP contribution in [0, 0.1) is 13.8 Å². The Bertz CT molecular complexity index is 687. The Kier molecular flexibility index (Phi) is 1.90. The van der Waals surface area contributed by atoms with Gasteiger partial charge in [-0.25, -0.2) is 0 Å². The highest BCUT2D eigenvalue weighted by atomic mass is 14.7. The number of benzene rings is 1. The van der Waals surface area contributed by atoms with Crippen LogP contribution in [-0.4, -0.2) is 9.97 Å². The molecule has 16 heavy (non-hydrogen) atoms. The van der Waals surface area contributed by atoms with E-state index in [1.165, 1.54) is 16.2 Å². The van der Waals surface area contributed by atoms with Crippen molar-refractivity contribution in [3.63, 3.8) is 0 Å². The Hall–Kier alpha value is -1.96. The van der Waals surface area contributed by atoms with Gasteiger partial charge in [-0.2, -0.15) is 0 Å². The number of aryl methyl sites for hydroxylation is 2. The number of pyridine rings is 2. The summed E-state index contributed by atoms with van der Waals surface area (Å²) in [6, 6.07) is 10.4. The van der Waals surface area contributed by atoms with Crippen LogP contribution in [0.15, 0.2) is 36.5 Å². The normalized spacial score (nSPS) is 11.1. The first-order valence-corrected chi connectivity index (χ1v) is 5.37. The van der Waals surface area contributed by atoms with Gasteiger partial charge in [-0.1, -0.05) is 18.2 Å². The first-order chi connectivity index (χ1) is 7.75. The Labute approximate surface area is 94.0 Å². The molecule has 2 aromatic heterocycles. The molecule has 2 heterocycles. The third-order valence-corrected chi connectivity index (χ3v) is 2.94. The monoisotopic (exact) mass is 208 g/mol. The van der Waals surface area contributed by atoms with Crippen LogP contribution in [0.5, 0.6) is 0 Å². The lowest BCUT2D eigenvalue weighted by Crippen LogP contribution is -1.88. The number of hydrogen-bond donors (Lipinski definition) is 0. The predicted molar refractivity (Wildman–Crippen MR) is 66.5 cm³/mol. The molecule has 0 bridgehead atoms. The van der Waals surface area contributed by atoms with Crippen LogP contribution in [-0.2, 0) is 0 Å². The molecule has 0 radical (unpaired) electrons. The smallest absolute Gasteiger partial charge is 0.0784 e. The quantitative estimate of drug-likeness (QED) is 0.529. The van der Waals surface area contributed by atoms with Gasteiger partial charge in [-0.05, 0) is 26.0 Å². The standard InChI is InChI=1S/C14H12N2/c1-9-3-4-11-5-6-12-10(2)15-8-7-13(12)14(11)16-9/h3-8H,1-2H3. The maximum absolute atomic E-state index is 4.62. The van der Waals surface area contributed by atoms with Gasteiger partial charge >= 0.3 is 0 Å². The topological polar surface area (TPSA) is 25.8 Å². The van der Waals surface area contributed by atoms with E-state index in [0.717, 1.165) is 16.9 Å². The minimum atomic E-state index is 1.05. The molecule has 0 unspecified atom stereocenters. The van der Waals surface area contributed by atoms with Crippen molar-refractivity contribution < 1.29 is 0 Å². The lowest BCUT2D eigenvalue weighted by atomic mass is 10.1. The molecule has 0 aliphatic rings. The van der Waals surface area contributed by atoms with Gasteiger partial charge in [-0.15, -0.1) is 0 Å². The summed E-state index contributed by atoms with van der Waals surface area (Å²) in [5.41, 5.74) is 3.18. The fourth-order valence-electron chi connectivity index (χ4n) is 2.09. The van der Waals surface area contributed by atoms with E-state index < -0.39 is 0 Å². The molecule has 0 amide bonds. The molecule has 1 aromatic carbocycles. The van der Waals surface area contributed by atoms with Crippen molar-refractivity contribution >= 4 is 21.7 Å². The van der Waals surface area contributed by atoms with E-state index in [2.05, 4.69) is 28.2 Å². The molecule has 2 heteroatoms. The molecular formula is C14H12N2. The second-order valence-corrected chi connectivity index (χ2v) is 4.08. The van der Waals surface area contributed by atoms with Gasteiger partial charge in [0.15, 0.2) is 0 Å². The van der Waals surface area contributed by atoms with Crippen molar-refractivity contribution in [1.82, 2.24) is 9.97 Å². The first-order valence-electron chi connectivity index (χ1n) is 5.37. The van der Waals surface area contributed by atoms with E-state index in [1.807, 2.05) is 32.2 Å². The highest BCUT2D eigenvalue weighted by molar-refractivity contribution is 6.05. The van der Waals surface area contributed by atoms with Crippen molar-refractivity contribution in [3.8, 4) is 0 Å². The molecule has 0 atom stereocenters. The summed E-state index contributed by atoms with van der Waals surface area (Å²) in [5, 5.41) is 3.56. The minimum Gasteiger partial charge on any atom is -0.261 e. The van der Waals surface area contributed by atoms with E-state index in [4.69, 9.17) is 0 Å². The summed E-state index contributed by atoms with van der Waals surface area (Å²) in [7, 11) is 0. The van der Waals surface area contributed by atoms with Crippen molar-refractivity contribution in [2.75, 3.05) is 0 Å². The molecule has 78 valence electrons. The van der Waals surface area contributed by atoms with Gasteiger partial charge in [0, 0.05) is 33.7 Å². The molecule has 0 N–H and O–H groups in total. The number of aromatic nitrogens is 2. The van der Waals surface area contributed by atoms with Crippen LogP contribution in [0.2, 0.25) is 0 Å². The maximum atomic E-state index is 4.62. The molecule has 0 spiro atoms. The Morgan fingerprint density at radius 2 is 1.69 bits per heavy atom. The van der Waals surface area contributed by atoms with Gasteiger partial charge < -0.3 is 0 Å². The average molecular weight is 208 g/mol. The fraction of sp³-hybridized carbons (Fsp3) is 0.143. The zero-order valence-electron chi connectivity index (χ0n) is 9.36. The maximum Gasteiger partial charge on any atom is 0.0784 e. The highest BCUT2D eigenvalue weighted by Crippen LogP contribution is 2.24. The molecule has 0 saturated heterocycles. The van der Waals surface area contributed by atoms with E-state index >= 15 is 0 Å². The van der Waals surface area contributed by atoms with E-state index in [-0.39, 0.29) is 0 Å². The molecule has 2 nitrogen and oxygen atoms in total. The molecule has 3 rings (SSSR count). The third-order valence-electron chi connectivity index (χ3n) is 2.94. The fourth-order valence-corrected chi connectivity index (χ4v) is 2.09. The van der Waals surface area contributed by atoms with E-state index in [9.17, 15) is 0 Å². The van der Waals surface area contributed by atoms with Crippen LogP contribution in [0.25, 0.3) is 21.7 Å². The second-order valence-electron chi connectivity index (χ2n) is 4.08. The summed E-state index contributed by atoms with van der Waals surface area (Å²) in [4.78, 5) is 8.93. The van der Waals surface area contributed by atoms with Gasteiger partial charge in [-0.3, -0.25) is 9.97 Å². The number of nitrogens with zero attached hydrogens (tertiary/aromatic N) is 2. The summed E-state index contributed by atoms with van der Waals surface area (Å²) >= 11 is 0. The van der Waals surface area contributed by atoms with Gasteiger partial charge in [0.1, 0.15) is 0 Å². The zero-order chi connectivity index (χ0) is 11.1. The van der Waals surface area contributed by atoms with Crippen LogP contribution < -0.4 is 0 Å². The summed E-state index contributed by atoms with van der Waals surface area (Å²) in [6.07, 6.45) is 1.85. The van der Waals surface area contributed by atoms with Crippen LogP contribution in [0.4, 0.5) is 0 Å². The number of hydrogen-bond acceptors (Lipinski definition) is 2. The van der Waals surface area contributed by atoms with Gasteiger partial charge in [0.05, 0.1) is 5.52 Å². The van der Waals surface area contributed by atoms with Crippen molar-refractivity contribution in [2.45, 2.75) is 13.8 Å². The van der Waals surface area contributed by atoms with E-state index in [1.54, 1.807) is 0 Å². The average Bonchev–Trinajstić information content (AvgIpc) is 2.29. The number of fused-ring (bicyclic) bond motifs is 3. The third kappa shape index (κ3) is 1.27. The van der Waals surface area contributed by atoms with Crippen molar-refractivity contribution in [3.05, 3.63) is 47.9 Å². The molecular weight excluding hydrogens is 196 g/mol. The molecule has 0 fully saturated rings. The molecule has 0 aliphatic heterocycles. The summed E-state index contributed by atoms with van der Waals surface area (Å²) in [5.74, 6) is 0. The lowest BCUT2D eigenvalue weighted by molar-refractivity contribution is 1.23. The van der Waals surface area contributed by atoms with Crippen LogP contribution in [0.3, 0.4) is 0 Å². The zero-order valence-corrected chi connectivity index (χ0v) is 9.36. The first kappa shape index (κ1) is 9.28. The van der Waals surface area contributed by atoms with Crippen LogP contribution in [0.1, 0.15) is 11.4 Å². The van der Waals surface area contributed by atoms with Crippen molar-refractivity contribution in [2.24, 2.45) is 0 Å². The molecule has 3 aromatic rings. The number of rotatable bonds is 0. The largest absolute Gasteiger partial charge is 0.261 e. The Balaban J connectivity index is 2.58. The summed E-state index contributed by atoms with van der Waals surface area (Å²) in [6.45, 7) is 4.05. The SMILES string of the molecule is Cc1ccc2ccc3c(C)nccc3c2n1. The molecule has 0 aliphatic carbocycles. The Morgan fingerprint density at radius 3 is 2.56 bits per heavy atom. The van der Waals surface area contributed by atoms with Crippen molar-refractivity contribution in [1.29, 1.82) is 0 Å². The highest BCUT2D eigenvalue weighted by Gasteiger charge is 2.03. The second kappa shape index (κ2) is 3.27. The van der Waals surface area contributed by atoms with Gasteiger partial charge in [0.25, 0.3) is 0 Å². The minimum absolute atomic E-state index is 1.05.